The van der Waals surface area contributed by atoms with Crippen molar-refractivity contribution in [3.05, 3.63) is 17.0 Å². The van der Waals surface area contributed by atoms with E-state index in [9.17, 15) is 13.2 Å². The van der Waals surface area contributed by atoms with Gasteiger partial charge < -0.3 is 5.11 Å². The van der Waals surface area contributed by atoms with Gasteiger partial charge >= 0.3 is 5.97 Å². The van der Waals surface area contributed by atoms with Crippen LogP contribution in [0.1, 0.15) is 25.3 Å². The van der Waals surface area contributed by atoms with Gasteiger partial charge in [-0.25, -0.2) is 8.42 Å². The molecule has 1 aromatic rings. The summed E-state index contributed by atoms with van der Waals surface area (Å²) >= 11 is 1.18. The molecule has 106 valence electrons. The van der Waals surface area contributed by atoms with Gasteiger partial charge in [-0.15, -0.1) is 11.3 Å². The van der Waals surface area contributed by atoms with Crippen molar-refractivity contribution in [1.82, 2.24) is 4.31 Å². The summed E-state index contributed by atoms with van der Waals surface area (Å²) in [6.45, 7) is 3.65. The lowest BCUT2D eigenvalue weighted by Gasteiger charge is -2.35. The highest BCUT2D eigenvalue weighted by Crippen LogP contribution is 2.31. The number of nitrogens with zero attached hydrogens (tertiary/aromatic N) is 1. The summed E-state index contributed by atoms with van der Waals surface area (Å²) in [5.74, 6) is -1.53. The normalized spacial score (nSPS) is 25.4. The van der Waals surface area contributed by atoms with Crippen LogP contribution in [0.25, 0.3) is 0 Å². The number of carboxylic acid groups (broad SMARTS) is 1. The molecule has 1 aliphatic rings. The number of piperidine rings is 1. The Morgan fingerprint density at radius 1 is 1.47 bits per heavy atom. The van der Waals surface area contributed by atoms with Gasteiger partial charge in [0.2, 0.25) is 0 Å². The highest BCUT2D eigenvalue weighted by atomic mass is 32.2. The Morgan fingerprint density at radius 3 is 2.68 bits per heavy atom. The first-order valence-corrected chi connectivity index (χ1v) is 8.44. The maximum absolute atomic E-state index is 12.6. The highest BCUT2D eigenvalue weighted by molar-refractivity contribution is 7.91. The van der Waals surface area contributed by atoms with E-state index in [1.165, 1.54) is 15.6 Å². The van der Waals surface area contributed by atoms with Crippen molar-refractivity contribution in [2.24, 2.45) is 5.92 Å². The number of carbonyl (C=O) groups is 1. The molecule has 1 fully saturated rings. The lowest BCUT2D eigenvalue weighted by molar-refractivity contribution is -0.143. The Balaban J connectivity index is 2.33. The summed E-state index contributed by atoms with van der Waals surface area (Å²) in [5.41, 5.74) is 0.717. The van der Waals surface area contributed by atoms with Crippen LogP contribution in [0.15, 0.2) is 15.7 Å². The second-order valence-electron chi connectivity index (χ2n) is 4.93. The Bertz CT molecular complexity index is 578. The molecule has 0 radical (unpaired) electrons. The standard InChI is InChI=1S/C12H17NO4S2/c1-8-5-6-18-12(8)19(16,17)13-7-10(11(14)15)4-3-9(13)2/h5-6,9-10H,3-4,7H2,1-2H3,(H,14,15). The Morgan fingerprint density at radius 2 is 2.16 bits per heavy atom. The number of carboxylic acids is 1. The van der Waals surface area contributed by atoms with E-state index < -0.39 is 21.9 Å². The van der Waals surface area contributed by atoms with E-state index in [1.54, 1.807) is 18.4 Å². The average molecular weight is 303 g/mol. The Kier molecular flexibility index (Phi) is 3.98. The molecule has 1 aliphatic heterocycles. The van der Waals surface area contributed by atoms with Gasteiger partial charge in [0.1, 0.15) is 4.21 Å². The molecule has 1 aromatic heterocycles. The Hall–Kier alpha value is -0.920. The SMILES string of the molecule is Cc1ccsc1S(=O)(=O)N1CC(C(=O)O)CCC1C. The third kappa shape index (κ3) is 2.68. The van der Waals surface area contributed by atoms with Crippen molar-refractivity contribution in [3.63, 3.8) is 0 Å². The van der Waals surface area contributed by atoms with Crippen LogP contribution in [-0.2, 0) is 14.8 Å². The molecule has 2 heterocycles. The van der Waals surface area contributed by atoms with E-state index in [4.69, 9.17) is 5.11 Å². The zero-order valence-corrected chi connectivity index (χ0v) is 12.5. The fourth-order valence-corrected chi connectivity index (χ4v) is 5.57. The topological polar surface area (TPSA) is 74.7 Å². The molecule has 19 heavy (non-hydrogen) atoms. The van der Waals surface area contributed by atoms with Crippen molar-refractivity contribution >= 4 is 27.3 Å². The molecular formula is C12H17NO4S2. The van der Waals surface area contributed by atoms with E-state index >= 15 is 0 Å². The lowest BCUT2D eigenvalue weighted by Crippen LogP contribution is -2.47. The molecule has 2 atom stereocenters. The summed E-state index contributed by atoms with van der Waals surface area (Å²) in [6.07, 6.45) is 1.12. The molecule has 7 heteroatoms. The number of aryl methyl sites for hydroxylation is 1. The van der Waals surface area contributed by atoms with Crippen LogP contribution in [0.4, 0.5) is 0 Å². The molecule has 0 aliphatic carbocycles. The van der Waals surface area contributed by atoms with Crippen LogP contribution in [0.5, 0.6) is 0 Å². The minimum Gasteiger partial charge on any atom is -0.481 e. The average Bonchev–Trinajstić information content (AvgIpc) is 2.76. The van der Waals surface area contributed by atoms with Crippen molar-refractivity contribution in [3.8, 4) is 0 Å². The maximum Gasteiger partial charge on any atom is 0.307 e. The van der Waals surface area contributed by atoms with E-state index in [2.05, 4.69) is 0 Å². The van der Waals surface area contributed by atoms with Crippen molar-refractivity contribution in [2.75, 3.05) is 6.54 Å². The molecule has 5 nitrogen and oxygen atoms in total. The molecule has 0 aromatic carbocycles. The van der Waals surface area contributed by atoms with Crippen LogP contribution in [-0.4, -0.2) is 36.4 Å². The zero-order chi connectivity index (χ0) is 14.2. The van der Waals surface area contributed by atoms with Crippen LogP contribution < -0.4 is 0 Å². The zero-order valence-electron chi connectivity index (χ0n) is 10.9. The minimum atomic E-state index is -3.58. The van der Waals surface area contributed by atoms with Crippen molar-refractivity contribution < 1.29 is 18.3 Å². The van der Waals surface area contributed by atoms with Gasteiger partial charge in [0, 0.05) is 12.6 Å². The molecule has 0 amide bonds. The summed E-state index contributed by atoms with van der Waals surface area (Å²) in [4.78, 5) is 11.1. The molecule has 1 N–H and O–H groups in total. The third-order valence-electron chi connectivity index (χ3n) is 3.53. The molecule has 2 unspecified atom stereocenters. The fraction of sp³-hybridized carbons (Fsp3) is 0.583. The van der Waals surface area contributed by atoms with Crippen LogP contribution in [0.3, 0.4) is 0 Å². The largest absolute Gasteiger partial charge is 0.481 e. The first kappa shape index (κ1) is 14.5. The lowest BCUT2D eigenvalue weighted by atomic mass is 9.96. The molecule has 0 spiro atoms. The number of sulfonamides is 1. The number of rotatable bonds is 3. The highest BCUT2D eigenvalue weighted by Gasteiger charge is 2.38. The van der Waals surface area contributed by atoms with Crippen LogP contribution >= 0.6 is 11.3 Å². The van der Waals surface area contributed by atoms with E-state index in [0.717, 1.165) is 5.56 Å². The quantitative estimate of drug-likeness (QED) is 0.926. The van der Waals surface area contributed by atoms with E-state index in [-0.39, 0.29) is 12.6 Å². The molecule has 0 saturated carbocycles. The van der Waals surface area contributed by atoms with Crippen molar-refractivity contribution in [1.29, 1.82) is 0 Å². The maximum atomic E-state index is 12.6. The van der Waals surface area contributed by atoms with Gasteiger partial charge in [-0.05, 0) is 43.7 Å². The van der Waals surface area contributed by atoms with Crippen LogP contribution in [0.2, 0.25) is 0 Å². The predicted octanol–water partition coefficient (Wildman–Crippen LogP) is 1.93. The number of hydrogen-bond acceptors (Lipinski definition) is 4. The van der Waals surface area contributed by atoms with E-state index in [0.29, 0.717) is 17.1 Å². The first-order chi connectivity index (χ1) is 8.84. The second-order valence-corrected chi connectivity index (χ2v) is 7.93. The number of hydrogen-bond donors (Lipinski definition) is 1. The van der Waals surface area contributed by atoms with Gasteiger partial charge in [-0.1, -0.05) is 0 Å². The summed E-state index contributed by atoms with van der Waals surface area (Å²) in [5, 5.41) is 10.8. The van der Waals surface area contributed by atoms with Crippen LogP contribution in [0, 0.1) is 12.8 Å². The smallest absolute Gasteiger partial charge is 0.307 e. The van der Waals surface area contributed by atoms with Gasteiger partial charge in [-0.2, -0.15) is 4.31 Å². The first-order valence-electron chi connectivity index (χ1n) is 6.12. The summed E-state index contributed by atoms with van der Waals surface area (Å²) < 4.78 is 26.8. The molecular weight excluding hydrogens is 286 g/mol. The minimum absolute atomic E-state index is 0.0656. The van der Waals surface area contributed by atoms with E-state index in [1.807, 2.05) is 6.92 Å². The van der Waals surface area contributed by atoms with Crippen molar-refractivity contribution in [2.45, 2.75) is 36.9 Å². The molecule has 2 rings (SSSR count). The molecule has 1 saturated heterocycles. The molecule has 0 bridgehead atoms. The third-order valence-corrected chi connectivity index (χ3v) is 7.18. The fourth-order valence-electron chi connectivity index (χ4n) is 2.34. The van der Waals surface area contributed by atoms with Gasteiger partial charge in [-0.3, -0.25) is 4.79 Å². The second kappa shape index (κ2) is 5.22. The predicted molar refractivity (Wildman–Crippen MR) is 72.8 cm³/mol. The number of aliphatic carboxylic acids is 1. The van der Waals surface area contributed by atoms with Gasteiger partial charge in [0.25, 0.3) is 10.0 Å². The van der Waals surface area contributed by atoms with Gasteiger partial charge in [0.15, 0.2) is 0 Å². The Labute approximate surface area is 116 Å². The summed E-state index contributed by atoms with van der Waals surface area (Å²) in [7, 11) is -3.58. The monoisotopic (exact) mass is 303 g/mol. The summed E-state index contributed by atoms with van der Waals surface area (Å²) in [6, 6.07) is 1.61. The number of thiophene rings is 1. The van der Waals surface area contributed by atoms with Gasteiger partial charge in [0.05, 0.1) is 5.92 Å².